The van der Waals surface area contributed by atoms with Crippen molar-refractivity contribution >= 4 is 0 Å². The molecule has 1 saturated heterocycles. The molecule has 1 unspecified atom stereocenters. The predicted octanol–water partition coefficient (Wildman–Crippen LogP) is 0.906. The minimum atomic E-state index is -0.309. The van der Waals surface area contributed by atoms with E-state index >= 15 is 0 Å². The molecule has 4 nitrogen and oxygen atoms in total. The number of hydrogen-bond donors (Lipinski definition) is 2. The van der Waals surface area contributed by atoms with Crippen molar-refractivity contribution in [1.29, 1.82) is 0 Å². The first-order valence-corrected chi connectivity index (χ1v) is 6.75. The van der Waals surface area contributed by atoms with Gasteiger partial charge in [-0.25, -0.2) is 0 Å². The van der Waals surface area contributed by atoms with Gasteiger partial charge in [-0.3, -0.25) is 0 Å². The largest absolute Gasteiger partial charge is 0.393 e. The maximum absolute atomic E-state index is 10.2. The topological polar surface area (TPSA) is 58.9 Å². The molecule has 2 saturated carbocycles. The maximum Gasteiger partial charge on any atom is 0.157 e. The summed E-state index contributed by atoms with van der Waals surface area (Å²) < 4.78 is 11.2. The highest BCUT2D eigenvalue weighted by molar-refractivity contribution is 4.99. The van der Waals surface area contributed by atoms with Gasteiger partial charge in [-0.15, -0.1) is 0 Å². The molecule has 98 valence electrons. The van der Waals surface area contributed by atoms with E-state index in [4.69, 9.17) is 9.47 Å². The minimum Gasteiger partial charge on any atom is -0.393 e. The minimum absolute atomic E-state index is 0.0830. The third-order valence-corrected chi connectivity index (χ3v) is 4.97. The predicted molar refractivity (Wildman–Crippen MR) is 61.2 cm³/mol. The summed E-state index contributed by atoms with van der Waals surface area (Å²) in [5.41, 5.74) is 0. The molecule has 0 aromatic heterocycles. The van der Waals surface area contributed by atoms with E-state index in [1.807, 2.05) is 0 Å². The molecule has 2 N–H and O–H groups in total. The number of hydrogen-bond acceptors (Lipinski definition) is 4. The molecule has 0 radical (unpaired) electrons. The van der Waals surface area contributed by atoms with Crippen LogP contribution in [0.4, 0.5) is 0 Å². The van der Waals surface area contributed by atoms with Gasteiger partial charge in [0.05, 0.1) is 18.3 Å². The Morgan fingerprint density at radius 1 is 1.06 bits per heavy atom. The third kappa shape index (κ3) is 1.91. The fourth-order valence-electron chi connectivity index (χ4n) is 4.11. The van der Waals surface area contributed by atoms with Crippen LogP contribution in [0.25, 0.3) is 0 Å². The van der Waals surface area contributed by atoms with Crippen LogP contribution in [0, 0.1) is 17.8 Å². The Morgan fingerprint density at radius 3 is 2.59 bits per heavy atom. The van der Waals surface area contributed by atoms with Crippen molar-refractivity contribution in [3.63, 3.8) is 0 Å². The van der Waals surface area contributed by atoms with Crippen LogP contribution >= 0.6 is 0 Å². The molecule has 3 aliphatic rings. The molecule has 4 heteroatoms. The Morgan fingerprint density at radius 2 is 1.82 bits per heavy atom. The average Bonchev–Trinajstić information content (AvgIpc) is 2.86. The van der Waals surface area contributed by atoms with E-state index in [1.54, 1.807) is 7.11 Å². The van der Waals surface area contributed by atoms with E-state index in [0.717, 1.165) is 32.1 Å². The smallest absolute Gasteiger partial charge is 0.157 e. The Bertz CT molecular complexity index is 283. The quantitative estimate of drug-likeness (QED) is 0.717. The first-order valence-electron chi connectivity index (χ1n) is 6.75. The van der Waals surface area contributed by atoms with Gasteiger partial charge in [0.15, 0.2) is 6.29 Å². The molecular weight excluding hydrogens is 220 g/mol. The second-order valence-corrected chi connectivity index (χ2v) is 5.79. The van der Waals surface area contributed by atoms with Crippen LogP contribution in [0.15, 0.2) is 0 Å². The van der Waals surface area contributed by atoms with E-state index in [0.29, 0.717) is 5.92 Å². The van der Waals surface area contributed by atoms with Gasteiger partial charge >= 0.3 is 0 Å². The van der Waals surface area contributed by atoms with Crippen LogP contribution in [0.2, 0.25) is 0 Å². The highest BCUT2D eigenvalue weighted by atomic mass is 16.7. The summed E-state index contributed by atoms with van der Waals surface area (Å²) >= 11 is 0. The molecule has 3 fully saturated rings. The van der Waals surface area contributed by atoms with Crippen molar-refractivity contribution in [2.24, 2.45) is 17.8 Å². The zero-order valence-electron chi connectivity index (χ0n) is 10.3. The zero-order valence-corrected chi connectivity index (χ0v) is 10.3. The van der Waals surface area contributed by atoms with E-state index in [2.05, 4.69) is 0 Å². The summed E-state index contributed by atoms with van der Waals surface area (Å²) in [6.07, 6.45) is 3.87. The number of aliphatic hydroxyl groups is 2. The summed E-state index contributed by atoms with van der Waals surface area (Å²) in [7, 11) is 1.67. The SMILES string of the molecule is COC1C[C@@H]2CC[C@H](O)[C@@H]3CC[C@@H](O)[C@@H]3[C@H]2O1. The fourth-order valence-corrected chi connectivity index (χ4v) is 4.11. The summed E-state index contributed by atoms with van der Waals surface area (Å²) in [5, 5.41) is 20.3. The van der Waals surface area contributed by atoms with Crippen LogP contribution in [-0.4, -0.2) is 41.9 Å². The standard InChI is InChI=1S/C13H22O4/c1-16-11-6-7-2-4-9(14)8-3-5-10(15)12(8)13(7)17-11/h7-15H,2-6H2,1H3/t7-,8-,9-,10+,11?,12+,13-/m0/s1. The fraction of sp³-hybridized carbons (Fsp3) is 1.00. The molecule has 3 rings (SSSR count). The lowest BCUT2D eigenvalue weighted by Crippen LogP contribution is -2.37. The monoisotopic (exact) mass is 242 g/mol. The lowest BCUT2D eigenvalue weighted by Gasteiger charge is -2.29. The van der Waals surface area contributed by atoms with Crippen molar-refractivity contribution in [2.75, 3.05) is 7.11 Å². The maximum atomic E-state index is 10.2. The molecule has 2 aliphatic carbocycles. The molecule has 1 aliphatic heterocycles. The summed E-state index contributed by atoms with van der Waals surface area (Å²) in [5.74, 6) is 0.769. The first-order chi connectivity index (χ1) is 8.20. The molecule has 1 heterocycles. The molecule has 0 spiro atoms. The van der Waals surface area contributed by atoms with Crippen LogP contribution in [0.1, 0.15) is 32.1 Å². The van der Waals surface area contributed by atoms with E-state index in [9.17, 15) is 10.2 Å². The zero-order chi connectivity index (χ0) is 12.0. The molecule has 0 aromatic carbocycles. The highest BCUT2D eigenvalue weighted by Crippen LogP contribution is 2.48. The Hall–Kier alpha value is -0.160. The Kier molecular flexibility index (Phi) is 3.15. The number of methoxy groups -OCH3 is 1. The third-order valence-electron chi connectivity index (χ3n) is 4.97. The van der Waals surface area contributed by atoms with Crippen LogP contribution in [-0.2, 0) is 9.47 Å². The van der Waals surface area contributed by atoms with Gasteiger partial charge in [-0.2, -0.15) is 0 Å². The van der Waals surface area contributed by atoms with Crippen LogP contribution in [0.5, 0.6) is 0 Å². The highest BCUT2D eigenvalue weighted by Gasteiger charge is 2.52. The molecular formula is C13H22O4. The molecule has 0 aromatic rings. The van der Waals surface area contributed by atoms with Crippen molar-refractivity contribution < 1.29 is 19.7 Å². The van der Waals surface area contributed by atoms with Gasteiger partial charge in [0.1, 0.15) is 0 Å². The van der Waals surface area contributed by atoms with E-state index < -0.39 is 0 Å². The van der Waals surface area contributed by atoms with Crippen molar-refractivity contribution in [3.05, 3.63) is 0 Å². The Balaban J connectivity index is 1.83. The molecule has 7 atom stereocenters. The number of rotatable bonds is 1. The van der Waals surface area contributed by atoms with Gasteiger partial charge in [0, 0.05) is 19.4 Å². The van der Waals surface area contributed by atoms with E-state index in [1.165, 1.54) is 0 Å². The normalized spacial score (nSPS) is 54.2. The van der Waals surface area contributed by atoms with Gasteiger partial charge in [-0.05, 0) is 37.5 Å². The number of ether oxygens (including phenoxy) is 2. The van der Waals surface area contributed by atoms with Gasteiger partial charge < -0.3 is 19.7 Å². The molecule has 17 heavy (non-hydrogen) atoms. The van der Waals surface area contributed by atoms with Gasteiger partial charge in [-0.1, -0.05) is 0 Å². The van der Waals surface area contributed by atoms with Gasteiger partial charge in [0.25, 0.3) is 0 Å². The summed E-state index contributed by atoms with van der Waals surface area (Å²) in [4.78, 5) is 0. The van der Waals surface area contributed by atoms with Gasteiger partial charge in [0.2, 0.25) is 0 Å². The second kappa shape index (κ2) is 4.50. The van der Waals surface area contributed by atoms with Crippen molar-refractivity contribution in [1.82, 2.24) is 0 Å². The summed E-state index contributed by atoms with van der Waals surface area (Å²) in [6, 6.07) is 0. The lowest BCUT2D eigenvalue weighted by molar-refractivity contribution is -0.143. The summed E-state index contributed by atoms with van der Waals surface area (Å²) in [6.45, 7) is 0. The average molecular weight is 242 g/mol. The van der Waals surface area contributed by atoms with Crippen molar-refractivity contribution in [3.8, 4) is 0 Å². The Labute approximate surface area is 102 Å². The number of aliphatic hydroxyl groups excluding tert-OH is 2. The first kappa shape index (κ1) is 11.9. The van der Waals surface area contributed by atoms with Crippen molar-refractivity contribution in [2.45, 2.75) is 56.7 Å². The van der Waals surface area contributed by atoms with Crippen LogP contribution in [0.3, 0.4) is 0 Å². The molecule has 0 amide bonds. The van der Waals surface area contributed by atoms with E-state index in [-0.39, 0.29) is 36.4 Å². The van der Waals surface area contributed by atoms with Crippen LogP contribution < -0.4 is 0 Å². The molecule has 0 bridgehead atoms. The number of fused-ring (bicyclic) bond motifs is 3. The lowest BCUT2D eigenvalue weighted by atomic mass is 9.84. The second-order valence-electron chi connectivity index (χ2n) is 5.79.